The molecule has 0 amide bonds. The number of piperidine rings is 1. The van der Waals surface area contributed by atoms with E-state index >= 15 is 0 Å². The summed E-state index contributed by atoms with van der Waals surface area (Å²) in [5, 5.41) is 9.13. The van der Waals surface area contributed by atoms with Crippen LogP contribution in [0.1, 0.15) is 30.3 Å². The Morgan fingerprint density at radius 1 is 1.33 bits per heavy atom. The highest BCUT2D eigenvalue weighted by Gasteiger charge is 2.24. The first-order valence-electron chi connectivity index (χ1n) is 8.27. The van der Waals surface area contributed by atoms with Gasteiger partial charge in [-0.2, -0.15) is 4.98 Å². The van der Waals surface area contributed by atoms with E-state index < -0.39 is 5.82 Å². The third kappa shape index (κ3) is 4.07. The first kappa shape index (κ1) is 16.8. The Morgan fingerprint density at radius 3 is 2.96 bits per heavy atom. The monoisotopic (exact) mass is 331 g/mol. The van der Waals surface area contributed by atoms with Crippen LogP contribution < -0.4 is 4.74 Å². The molecule has 1 aliphatic heterocycles. The van der Waals surface area contributed by atoms with Gasteiger partial charge in [0.25, 0.3) is 0 Å². The van der Waals surface area contributed by atoms with E-state index in [9.17, 15) is 4.39 Å². The van der Waals surface area contributed by atoms with Gasteiger partial charge in [-0.25, -0.2) is 9.37 Å². The second-order valence-corrected chi connectivity index (χ2v) is 6.10. The Bertz CT molecular complexity index is 694. The minimum atomic E-state index is -0.415. The van der Waals surface area contributed by atoms with Gasteiger partial charge in [0, 0.05) is 30.8 Å². The first-order chi connectivity index (χ1) is 11.7. The molecule has 1 N–H and O–H groups in total. The largest absolute Gasteiger partial charge is 0.436 e. The van der Waals surface area contributed by atoms with Crippen molar-refractivity contribution in [3.05, 3.63) is 47.7 Å². The van der Waals surface area contributed by atoms with Gasteiger partial charge in [0.2, 0.25) is 5.88 Å². The van der Waals surface area contributed by atoms with Crippen molar-refractivity contribution in [2.24, 2.45) is 0 Å². The number of ether oxygens (including phenoxy) is 1. The van der Waals surface area contributed by atoms with E-state index in [4.69, 9.17) is 9.84 Å². The highest BCUT2D eigenvalue weighted by atomic mass is 19.1. The minimum absolute atomic E-state index is 0.156. The predicted molar refractivity (Wildman–Crippen MR) is 88.7 cm³/mol. The minimum Gasteiger partial charge on any atom is -0.436 e. The molecule has 0 saturated carbocycles. The standard InChI is InChI=1S/C18H22FN3O2/c1-13-11-17(24-16-7-3-2-6-15(16)19)21-18(20-13)14-5-4-8-22(12-14)9-10-23/h2-3,6-7,11,14,23H,4-5,8-10,12H2,1H3. The van der Waals surface area contributed by atoms with E-state index in [1.165, 1.54) is 6.07 Å². The predicted octanol–water partition coefficient (Wildman–Crippen LogP) is 2.89. The molecule has 128 valence electrons. The summed E-state index contributed by atoms with van der Waals surface area (Å²) in [5.74, 6) is 1.04. The molecule has 1 atom stereocenters. The fourth-order valence-corrected chi connectivity index (χ4v) is 3.05. The summed E-state index contributed by atoms with van der Waals surface area (Å²) in [6.07, 6.45) is 2.05. The molecule has 1 aromatic heterocycles. The van der Waals surface area contributed by atoms with Crippen LogP contribution in [-0.4, -0.2) is 46.2 Å². The van der Waals surface area contributed by atoms with E-state index in [0.29, 0.717) is 12.4 Å². The number of hydrogen-bond acceptors (Lipinski definition) is 5. The third-order valence-corrected chi connectivity index (χ3v) is 4.19. The van der Waals surface area contributed by atoms with Crippen molar-refractivity contribution in [2.45, 2.75) is 25.7 Å². The molecule has 1 aromatic carbocycles. The average molecular weight is 331 g/mol. The zero-order valence-electron chi connectivity index (χ0n) is 13.8. The van der Waals surface area contributed by atoms with E-state index in [0.717, 1.165) is 37.4 Å². The highest BCUT2D eigenvalue weighted by molar-refractivity contribution is 5.29. The van der Waals surface area contributed by atoms with Crippen molar-refractivity contribution >= 4 is 0 Å². The van der Waals surface area contributed by atoms with Crippen LogP contribution in [0.15, 0.2) is 30.3 Å². The molecule has 2 aromatic rings. The number of aryl methyl sites for hydroxylation is 1. The summed E-state index contributed by atoms with van der Waals surface area (Å²) in [6.45, 7) is 4.52. The third-order valence-electron chi connectivity index (χ3n) is 4.19. The molecule has 1 fully saturated rings. The van der Waals surface area contributed by atoms with Crippen LogP contribution in [-0.2, 0) is 0 Å². The molecule has 0 aliphatic carbocycles. The molecule has 0 spiro atoms. The van der Waals surface area contributed by atoms with Crippen LogP contribution in [0.2, 0.25) is 0 Å². The van der Waals surface area contributed by atoms with Crippen molar-refractivity contribution in [1.29, 1.82) is 0 Å². The zero-order valence-corrected chi connectivity index (χ0v) is 13.8. The maximum absolute atomic E-state index is 13.8. The normalized spacial score (nSPS) is 18.5. The van der Waals surface area contributed by atoms with Crippen molar-refractivity contribution in [3.8, 4) is 11.6 Å². The lowest BCUT2D eigenvalue weighted by Crippen LogP contribution is -2.36. The van der Waals surface area contributed by atoms with E-state index in [1.54, 1.807) is 24.3 Å². The number of β-amino-alcohol motifs (C(OH)–C–C–N with tert-alkyl or cyclic N) is 1. The molecule has 0 bridgehead atoms. The fraction of sp³-hybridized carbons (Fsp3) is 0.444. The van der Waals surface area contributed by atoms with E-state index in [2.05, 4.69) is 14.9 Å². The van der Waals surface area contributed by atoms with Gasteiger partial charge in [-0.05, 0) is 38.4 Å². The van der Waals surface area contributed by atoms with Gasteiger partial charge in [-0.3, -0.25) is 0 Å². The van der Waals surface area contributed by atoms with Crippen LogP contribution in [0.4, 0.5) is 4.39 Å². The molecule has 2 heterocycles. The van der Waals surface area contributed by atoms with Crippen LogP contribution in [0.3, 0.4) is 0 Å². The zero-order chi connectivity index (χ0) is 16.9. The maximum Gasteiger partial charge on any atom is 0.222 e. The summed E-state index contributed by atoms with van der Waals surface area (Å²) in [5.41, 5.74) is 0.797. The maximum atomic E-state index is 13.8. The number of para-hydroxylation sites is 1. The van der Waals surface area contributed by atoms with E-state index in [1.807, 2.05) is 6.92 Å². The molecule has 1 aliphatic rings. The number of rotatable bonds is 5. The molecule has 1 saturated heterocycles. The van der Waals surface area contributed by atoms with Gasteiger partial charge < -0.3 is 14.7 Å². The lowest BCUT2D eigenvalue weighted by molar-refractivity contribution is 0.159. The lowest BCUT2D eigenvalue weighted by Gasteiger charge is -2.31. The Labute approximate surface area is 141 Å². The number of halogens is 1. The number of hydrogen-bond donors (Lipinski definition) is 1. The second-order valence-electron chi connectivity index (χ2n) is 6.10. The Hall–Kier alpha value is -2.05. The number of aliphatic hydroxyl groups is 1. The molecule has 6 heteroatoms. The SMILES string of the molecule is Cc1cc(Oc2ccccc2F)nc(C2CCCN(CCO)C2)n1. The molecule has 5 nitrogen and oxygen atoms in total. The molecular weight excluding hydrogens is 309 g/mol. The average Bonchev–Trinajstić information content (AvgIpc) is 2.57. The molecule has 3 rings (SSSR count). The Kier molecular flexibility index (Phi) is 5.37. The number of likely N-dealkylation sites (tertiary alicyclic amines) is 1. The Morgan fingerprint density at radius 2 is 2.17 bits per heavy atom. The van der Waals surface area contributed by atoms with Crippen molar-refractivity contribution in [3.63, 3.8) is 0 Å². The van der Waals surface area contributed by atoms with Gasteiger partial charge in [0.1, 0.15) is 5.82 Å². The number of aromatic nitrogens is 2. The smallest absolute Gasteiger partial charge is 0.222 e. The molecule has 0 radical (unpaired) electrons. The summed E-state index contributed by atoms with van der Waals surface area (Å²) in [7, 11) is 0. The van der Waals surface area contributed by atoms with Crippen LogP contribution >= 0.6 is 0 Å². The molecular formula is C18H22FN3O2. The van der Waals surface area contributed by atoms with Crippen LogP contribution in [0, 0.1) is 12.7 Å². The van der Waals surface area contributed by atoms with E-state index in [-0.39, 0.29) is 18.3 Å². The first-order valence-corrected chi connectivity index (χ1v) is 8.27. The van der Waals surface area contributed by atoms with Crippen molar-refractivity contribution in [2.75, 3.05) is 26.2 Å². The highest BCUT2D eigenvalue weighted by Crippen LogP contribution is 2.28. The van der Waals surface area contributed by atoms with Gasteiger partial charge in [-0.1, -0.05) is 12.1 Å². The van der Waals surface area contributed by atoms with Crippen LogP contribution in [0.25, 0.3) is 0 Å². The fourth-order valence-electron chi connectivity index (χ4n) is 3.05. The second kappa shape index (κ2) is 7.68. The number of nitrogens with zero attached hydrogens (tertiary/aromatic N) is 3. The molecule has 24 heavy (non-hydrogen) atoms. The van der Waals surface area contributed by atoms with Crippen molar-refractivity contribution in [1.82, 2.24) is 14.9 Å². The van der Waals surface area contributed by atoms with Gasteiger partial charge in [-0.15, -0.1) is 0 Å². The summed E-state index contributed by atoms with van der Waals surface area (Å²) in [6, 6.07) is 8.00. The van der Waals surface area contributed by atoms with Crippen molar-refractivity contribution < 1.29 is 14.2 Å². The summed E-state index contributed by atoms with van der Waals surface area (Å²) >= 11 is 0. The van der Waals surface area contributed by atoms with Gasteiger partial charge in [0.05, 0.1) is 6.61 Å². The molecule has 1 unspecified atom stereocenters. The number of aliphatic hydroxyl groups excluding tert-OH is 1. The summed E-state index contributed by atoms with van der Waals surface area (Å²) in [4.78, 5) is 11.3. The topological polar surface area (TPSA) is 58.5 Å². The number of benzene rings is 1. The lowest BCUT2D eigenvalue weighted by atomic mass is 9.97. The quantitative estimate of drug-likeness (QED) is 0.913. The Balaban J connectivity index is 1.80. The van der Waals surface area contributed by atoms with Gasteiger partial charge in [0.15, 0.2) is 11.6 Å². The van der Waals surface area contributed by atoms with Crippen LogP contribution in [0.5, 0.6) is 11.6 Å². The summed E-state index contributed by atoms with van der Waals surface area (Å²) < 4.78 is 19.4. The van der Waals surface area contributed by atoms with Gasteiger partial charge >= 0.3 is 0 Å².